The minimum atomic E-state index is 0.280. The van der Waals surface area contributed by atoms with E-state index >= 15 is 0 Å². The Labute approximate surface area is 95.5 Å². The highest BCUT2D eigenvalue weighted by Gasteiger charge is 2.28. The van der Waals surface area contributed by atoms with Crippen molar-refractivity contribution in [1.82, 2.24) is 4.90 Å². The van der Waals surface area contributed by atoms with Gasteiger partial charge in [0.15, 0.2) is 0 Å². The molecular weight excluding hydrogens is 206 g/mol. The van der Waals surface area contributed by atoms with E-state index in [0.717, 1.165) is 25.6 Å². The van der Waals surface area contributed by atoms with Crippen LogP contribution in [0.25, 0.3) is 0 Å². The molecule has 0 atom stereocenters. The summed E-state index contributed by atoms with van der Waals surface area (Å²) < 4.78 is 0. The van der Waals surface area contributed by atoms with E-state index in [9.17, 15) is 0 Å². The van der Waals surface area contributed by atoms with Crippen LogP contribution in [-0.4, -0.2) is 29.2 Å². The Balaban J connectivity index is 1.92. The van der Waals surface area contributed by atoms with Crippen LogP contribution in [0.4, 0.5) is 0 Å². The predicted molar refractivity (Wildman–Crippen MR) is 64.2 cm³/mol. The molecular formula is C12H19NOS. The smallest absolute Gasteiger partial charge is 0.0558 e. The Morgan fingerprint density at radius 2 is 2.13 bits per heavy atom. The Morgan fingerprint density at radius 1 is 1.40 bits per heavy atom. The van der Waals surface area contributed by atoms with Crippen LogP contribution in [0.5, 0.6) is 0 Å². The van der Waals surface area contributed by atoms with Gasteiger partial charge in [-0.05, 0) is 31.4 Å². The number of aliphatic hydroxyl groups excluding tert-OH is 1. The van der Waals surface area contributed by atoms with Gasteiger partial charge in [-0.15, -0.1) is 11.3 Å². The summed E-state index contributed by atoms with van der Waals surface area (Å²) in [5.74, 6) is 0. The van der Waals surface area contributed by atoms with Gasteiger partial charge in [-0.3, -0.25) is 4.90 Å². The molecule has 1 aliphatic carbocycles. The summed E-state index contributed by atoms with van der Waals surface area (Å²) >= 11 is 1.91. The first kappa shape index (κ1) is 11.1. The van der Waals surface area contributed by atoms with Gasteiger partial charge >= 0.3 is 0 Å². The van der Waals surface area contributed by atoms with Crippen LogP contribution in [0.3, 0.4) is 0 Å². The molecule has 15 heavy (non-hydrogen) atoms. The highest BCUT2D eigenvalue weighted by atomic mass is 32.1. The maximum atomic E-state index is 9.00. The van der Waals surface area contributed by atoms with Crippen molar-refractivity contribution in [1.29, 1.82) is 0 Å². The molecule has 1 aliphatic rings. The van der Waals surface area contributed by atoms with Crippen LogP contribution in [0.15, 0.2) is 12.1 Å². The van der Waals surface area contributed by atoms with E-state index in [0.29, 0.717) is 0 Å². The van der Waals surface area contributed by atoms with Crippen molar-refractivity contribution >= 4 is 11.3 Å². The lowest BCUT2D eigenvalue weighted by Gasteiger charge is -2.19. The number of hydrogen-bond donors (Lipinski definition) is 1. The van der Waals surface area contributed by atoms with Gasteiger partial charge in [-0.2, -0.15) is 0 Å². The van der Waals surface area contributed by atoms with E-state index < -0.39 is 0 Å². The first-order valence-corrected chi connectivity index (χ1v) is 6.57. The van der Waals surface area contributed by atoms with Gasteiger partial charge in [0.1, 0.15) is 0 Å². The van der Waals surface area contributed by atoms with Gasteiger partial charge in [0.05, 0.1) is 6.61 Å². The van der Waals surface area contributed by atoms with Crippen LogP contribution in [0.2, 0.25) is 0 Å². The van der Waals surface area contributed by atoms with Crippen molar-refractivity contribution in [3.05, 3.63) is 21.9 Å². The zero-order valence-electron chi connectivity index (χ0n) is 9.28. The zero-order chi connectivity index (χ0) is 10.7. The maximum Gasteiger partial charge on any atom is 0.0558 e. The molecule has 1 heterocycles. The molecule has 0 unspecified atom stereocenters. The first-order chi connectivity index (χ1) is 7.33. The van der Waals surface area contributed by atoms with Crippen molar-refractivity contribution in [3.8, 4) is 0 Å². The molecule has 0 spiro atoms. The summed E-state index contributed by atoms with van der Waals surface area (Å²) in [6, 6.07) is 5.20. The fraction of sp³-hybridized carbons (Fsp3) is 0.667. The zero-order valence-corrected chi connectivity index (χ0v) is 10.1. The number of rotatable bonds is 6. The molecule has 2 rings (SSSR count). The molecule has 84 valence electrons. The third-order valence-corrected chi connectivity index (χ3v) is 4.09. The van der Waals surface area contributed by atoms with E-state index in [2.05, 4.69) is 24.0 Å². The molecule has 1 aromatic rings. The molecule has 0 aromatic carbocycles. The molecule has 2 nitrogen and oxygen atoms in total. The van der Waals surface area contributed by atoms with Crippen LogP contribution >= 0.6 is 11.3 Å². The number of thiophene rings is 1. The second kappa shape index (κ2) is 5.10. The van der Waals surface area contributed by atoms with E-state index in [4.69, 9.17) is 5.11 Å². The third kappa shape index (κ3) is 3.03. The average molecular weight is 225 g/mol. The molecule has 0 bridgehead atoms. The summed E-state index contributed by atoms with van der Waals surface area (Å²) in [6.07, 6.45) is 3.76. The average Bonchev–Trinajstić information content (AvgIpc) is 2.99. The molecule has 0 saturated heterocycles. The molecule has 3 heteroatoms. The first-order valence-electron chi connectivity index (χ1n) is 5.76. The lowest BCUT2D eigenvalue weighted by Crippen LogP contribution is -2.28. The molecule has 1 saturated carbocycles. The van der Waals surface area contributed by atoms with Crippen molar-refractivity contribution < 1.29 is 5.11 Å². The summed E-state index contributed by atoms with van der Waals surface area (Å²) in [6.45, 7) is 4.32. The molecule has 0 aliphatic heterocycles. The lowest BCUT2D eigenvalue weighted by atomic mass is 10.3. The van der Waals surface area contributed by atoms with Gasteiger partial charge in [0, 0.05) is 28.9 Å². The minimum Gasteiger partial charge on any atom is -0.395 e. The topological polar surface area (TPSA) is 23.5 Å². The van der Waals surface area contributed by atoms with Crippen molar-refractivity contribution in [3.63, 3.8) is 0 Å². The van der Waals surface area contributed by atoms with Gasteiger partial charge in [-0.1, -0.05) is 6.92 Å². The Kier molecular flexibility index (Phi) is 3.78. The highest BCUT2D eigenvalue weighted by molar-refractivity contribution is 7.11. The minimum absolute atomic E-state index is 0.280. The number of aryl methyl sites for hydroxylation is 1. The molecule has 1 N–H and O–H groups in total. The van der Waals surface area contributed by atoms with Crippen LogP contribution in [0, 0.1) is 0 Å². The van der Waals surface area contributed by atoms with E-state index in [-0.39, 0.29) is 6.61 Å². The van der Waals surface area contributed by atoms with Crippen molar-refractivity contribution in [2.75, 3.05) is 13.2 Å². The fourth-order valence-electron chi connectivity index (χ4n) is 1.86. The number of hydrogen-bond acceptors (Lipinski definition) is 3. The van der Waals surface area contributed by atoms with Crippen molar-refractivity contribution in [2.24, 2.45) is 0 Å². The molecule has 0 radical (unpaired) electrons. The molecule has 1 aromatic heterocycles. The summed E-state index contributed by atoms with van der Waals surface area (Å²) in [5, 5.41) is 9.00. The Bertz CT molecular complexity index is 306. The second-order valence-electron chi connectivity index (χ2n) is 4.15. The van der Waals surface area contributed by atoms with Crippen LogP contribution < -0.4 is 0 Å². The number of aliphatic hydroxyl groups is 1. The van der Waals surface area contributed by atoms with Gasteiger partial charge in [0.25, 0.3) is 0 Å². The third-order valence-electron chi connectivity index (χ3n) is 2.88. The largest absolute Gasteiger partial charge is 0.395 e. The van der Waals surface area contributed by atoms with E-state index in [1.807, 2.05) is 11.3 Å². The molecule has 1 fully saturated rings. The van der Waals surface area contributed by atoms with Gasteiger partial charge in [-0.25, -0.2) is 0 Å². The summed E-state index contributed by atoms with van der Waals surface area (Å²) in [7, 11) is 0. The highest BCUT2D eigenvalue weighted by Crippen LogP contribution is 2.29. The number of nitrogens with zero attached hydrogens (tertiary/aromatic N) is 1. The van der Waals surface area contributed by atoms with Crippen molar-refractivity contribution in [2.45, 2.75) is 38.8 Å². The van der Waals surface area contributed by atoms with Gasteiger partial charge < -0.3 is 5.11 Å². The predicted octanol–water partition coefficient (Wildman–Crippen LogP) is 2.27. The maximum absolute atomic E-state index is 9.00. The lowest BCUT2D eigenvalue weighted by molar-refractivity contribution is 0.184. The summed E-state index contributed by atoms with van der Waals surface area (Å²) in [5.41, 5.74) is 0. The Morgan fingerprint density at radius 3 is 2.67 bits per heavy atom. The monoisotopic (exact) mass is 225 g/mol. The standard InChI is InChI=1S/C12H19NOS/c1-2-11-5-6-12(15-11)9-13(7-8-14)10-3-4-10/h5-6,10,14H,2-4,7-9H2,1H3. The normalized spacial score (nSPS) is 16.2. The van der Waals surface area contributed by atoms with Crippen LogP contribution in [0.1, 0.15) is 29.5 Å². The summed E-state index contributed by atoms with van der Waals surface area (Å²) in [4.78, 5) is 5.31. The fourth-order valence-corrected chi connectivity index (χ4v) is 2.84. The van der Waals surface area contributed by atoms with E-state index in [1.165, 1.54) is 22.6 Å². The van der Waals surface area contributed by atoms with Crippen LogP contribution in [-0.2, 0) is 13.0 Å². The van der Waals surface area contributed by atoms with Gasteiger partial charge in [0.2, 0.25) is 0 Å². The quantitative estimate of drug-likeness (QED) is 0.803. The van der Waals surface area contributed by atoms with E-state index in [1.54, 1.807) is 0 Å². The Hall–Kier alpha value is -0.380. The SMILES string of the molecule is CCc1ccc(CN(CCO)C2CC2)s1. The second-order valence-corrected chi connectivity index (χ2v) is 5.40. The molecule has 0 amide bonds.